The van der Waals surface area contributed by atoms with Crippen LogP contribution in [-0.4, -0.2) is 101 Å². The van der Waals surface area contributed by atoms with E-state index in [1.165, 1.54) is 17.4 Å². The summed E-state index contributed by atoms with van der Waals surface area (Å²) in [6, 6.07) is 8.83. The van der Waals surface area contributed by atoms with Gasteiger partial charge in [-0.1, -0.05) is 30.3 Å². The number of imide groups is 1. The van der Waals surface area contributed by atoms with Gasteiger partial charge < -0.3 is 9.80 Å². The fourth-order valence-electron chi connectivity index (χ4n) is 4.47. The van der Waals surface area contributed by atoms with Gasteiger partial charge in [-0.25, -0.2) is 9.79 Å². The van der Waals surface area contributed by atoms with Gasteiger partial charge in [0.2, 0.25) is 0 Å². The molecule has 1 aromatic rings. The Labute approximate surface area is 182 Å². The van der Waals surface area contributed by atoms with E-state index < -0.39 is 30.2 Å². The first kappa shape index (κ1) is 21.5. The SMILES string of the molecule is CC(=O)C(C)N1C(CN2CCN(Cc3ccccc3)CC2)=NC2C1C(=O)NC(=O)N2C. The Morgan fingerprint density at radius 3 is 2.32 bits per heavy atom. The van der Waals surface area contributed by atoms with Crippen LogP contribution in [0.4, 0.5) is 4.79 Å². The zero-order valence-corrected chi connectivity index (χ0v) is 18.3. The Hall–Kier alpha value is -2.78. The molecule has 0 aromatic heterocycles. The van der Waals surface area contributed by atoms with Gasteiger partial charge in [-0.2, -0.15) is 0 Å². The normalized spacial score (nSPS) is 25.8. The van der Waals surface area contributed by atoms with Crippen molar-refractivity contribution >= 4 is 23.6 Å². The second-order valence-corrected chi connectivity index (χ2v) is 8.54. The van der Waals surface area contributed by atoms with E-state index in [4.69, 9.17) is 4.99 Å². The zero-order chi connectivity index (χ0) is 22.1. The number of piperazine rings is 1. The maximum Gasteiger partial charge on any atom is 0.325 e. The van der Waals surface area contributed by atoms with Crippen LogP contribution in [0.5, 0.6) is 0 Å². The number of amidine groups is 1. The molecule has 0 saturated carbocycles. The summed E-state index contributed by atoms with van der Waals surface area (Å²) >= 11 is 0. The highest BCUT2D eigenvalue weighted by molar-refractivity contribution is 6.05. The molecule has 0 spiro atoms. The predicted molar refractivity (Wildman–Crippen MR) is 116 cm³/mol. The van der Waals surface area contributed by atoms with E-state index >= 15 is 0 Å². The minimum Gasteiger partial charge on any atom is -0.334 e. The van der Waals surface area contributed by atoms with Gasteiger partial charge in [-0.05, 0) is 19.4 Å². The van der Waals surface area contributed by atoms with E-state index in [2.05, 4.69) is 39.4 Å². The summed E-state index contributed by atoms with van der Waals surface area (Å²) in [5, 5.41) is 2.38. The van der Waals surface area contributed by atoms with Crippen LogP contribution in [0.3, 0.4) is 0 Å². The second kappa shape index (κ2) is 8.76. The fraction of sp³-hybridized carbons (Fsp3) is 0.545. The van der Waals surface area contributed by atoms with Gasteiger partial charge in [0.05, 0.1) is 12.6 Å². The van der Waals surface area contributed by atoms with Crippen LogP contribution in [0.15, 0.2) is 35.3 Å². The van der Waals surface area contributed by atoms with Gasteiger partial charge in [-0.3, -0.25) is 24.7 Å². The first-order valence-electron chi connectivity index (χ1n) is 10.8. The van der Waals surface area contributed by atoms with Crippen molar-refractivity contribution in [2.24, 2.45) is 4.99 Å². The number of aliphatic imine (C=N–C) groups is 1. The summed E-state index contributed by atoms with van der Waals surface area (Å²) < 4.78 is 0. The number of fused-ring (bicyclic) bond motifs is 1. The molecule has 0 bridgehead atoms. The highest BCUT2D eigenvalue weighted by Crippen LogP contribution is 2.27. The highest BCUT2D eigenvalue weighted by Gasteiger charge is 2.50. The summed E-state index contributed by atoms with van der Waals surface area (Å²) in [6.45, 7) is 8.44. The molecular formula is C22H30N6O3. The van der Waals surface area contributed by atoms with Crippen molar-refractivity contribution in [2.75, 3.05) is 39.8 Å². The summed E-state index contributed by atoms with van der Waals surface area (Å²) in [7, 11) is 1.63. The minimum atomic E-state index is -0.670. The Morgan fingerprint density at radius 2 is 1.71 bits per heavy atom. The number of urea groups is 1. The molecule has 1 N–H and O–H groups in total. The molecule has 3 unspecified atom stereocenters. The molecule has 3 heterocycles. The molecule has 3 aliphatic heterocycles. The number of nitrogens with one attached hydrogen (secondary N) is 1. The summed E-state index contributed by atoms with van der Waals surface area (Å²) in [4.78, 5) is 49.6. The van der Waals surface area contributed by atoms with Gasteiger partial charge in [-0.15, -0.1) is 0 Å². The fourth-order valence-corrected chi connectivity index (χ4v) is 4.47. The van der Waals surface area contributed by atoms with E-state index in [1.807, 2.05) is 11.0 Å². The van der Waals surface area contributed by atoms with Gasteiger partial charge in [0.15, 0.2) is 18.0 Å². The monoisotopic (exact) mass is 426 g/mol. The first-order chi connectivity index (χ1) is 14.8. The lowest BCUT2D eigenvalue weighted by atomic mass is 10.1. The zero-order valence-electron chi connectivity index (χ0n) is 18.3. The van der Waals surface area contributed by atoms with Gasteiger partial charge in [0.1, 0.15) is 5.84 Å². The largest absolute Gasteiger partial charge is 0.334 e. The predicted octanol–water partition coefficient (Wildman–Crippen LogP) is 0.372. The maximum absolute atomic E-state index is 12.6. The minimum absolute atomic E-state index is 0.0339. The number of amides is 3. The van der Waals surface area contributed by atoms with Crippen LogP contribution in [0.2, 0.25) is 0 Å². The molecule has 2 fully saturated rings. The molecule has 166 valence electrons. The molecule has 0 radical (unpaired) electrons. The Balaban J connectivity index is 1.44. The number of hydrogen-bond acceptors (Lipinski definition) is 7. The topological polar surface area (TPSA) is 88.6 Å². The number of nitrogens with zero attached hydrogens (tertiary/aromatic N) is 5. The Morgan fingerprint density at radius 1 is 1.10 bits per heavy atom. The average Bonchev–Trinajstić information content (AvgIpc) is 3.13. The lowest BCUT2D eigenvalue weighted by Crippen LogP contribution is -2.65. The quantitative estimate of drug-likeness (QED) is 0.707. The van der Waals surface area contributed by atoms with Crippen molar-refractivity contribution in [3.05, 3.63) is 35.9 Å². The van der Waals surface area contributed by atoms with E-state index in [1.54, 1.807) is 14.0 Å². The summed E-state index contributed by atoms with van der Waals surface area (Å²) in [5.41, 5.74) is 1.31. The van der Waals surface area contributed by atoms with Gasteiger partial charge >= 0.3 is 6.03 Å². The third-order valence-corrected chi connectivity index (χ3v) is 6.46. The van der Waals surface area contributed by atoms with Crippen molar-refractivity contribution in [3.63, 3.8) is 0 Å². The average molecular weight is 427 g/mol. The highest BCUT2D eigenvalue weighted by atomic mass is 16.2. The van der Waals surface area contributed by atoms with Crippen molar-refractivity contribution in [1.82, 2.24) is 24.9 Å². The molecule has 3 aliphatic rings. The number of carbonyl (C=O) groups excluding carboxylic acids is 3. The smallest absolute Gasteiger partial charge is 0.325 e. The van der Waals surface area contributed by atoms with Crippen molar-refractivity contribution < 1.29 is 14.4 Å². The molecular weight excluding hydrogens is 396 g/mol. The molecule has 2 saturated heterocycles. The molecule has 3 atom stereocenters. The lowest BCUT2D eigenvalue weighted by Gasteiger charge is -2.39. The van der Waals surface area contributed by atoms with E-state index in [0.717, 1.165) is 32.7 Å². The Bertz CT molecular complexity index is 880. The van der Waals surface area contributed by atoms with E-state index in [0.29, 0.717) is 12.4 Å². The molecule has 31 heavy (non-hydrogen) atoms. The molecule has 4 rings (SSSR count). The third kappa shape index (κ3) is 4.33. The van der Waals surface area contributed by atoms with E-state index in [9.17, 15) is 14.4 Å². The standard InChI is InChI=1S/C22H30N6O3/c1-15(16(2)29)28-18(23-20-19(28)21(30)24-22(31)25(20)3)14-27-11-9-26(10-12-27)13-17-7-5-4-6-8-17/h4-8,15,19-20H,9-14H2,1-3H3,(H,24,30,31). The Kier molecular flexibility index (Phi) is 6.06. The number of rotatable bonds is 6. The number of carbonyl (C=O) groups is 3. The van der Waals surface area contributed by atoms with Gasteiger partial charge in [0, 0.05) is 39.8 Å². The van der Waals surface area contributed by atoms with E-state index in [-0.39, 0.29) is 5.78 Å². The number of hydrogen-bond donors (Lipinski definition) is 1. The van der Waals surface area contributed by atoms with Crippen LogP contribution in [0.25, 0.3) is 0 Å². The number of Topliss-reactive ketones (excluding diaryl/α,β-unsaturated/α-hetero) is 1. The van der Waals surface area contributed by atoms with Crippen LogP contribution in [-0.2, 0) is 16.1 Å². The van der Waals surface area contributed by atoms with Crippen molar-refractivity contribution in [1.29, 1.82) is 0 Å². The third-order valence-electron chi connectivity index (χ3n) is 6.46. The van der Waals surface area contributed by atoms with Crippen LogP contribution < -0.4 is 5.32 Å². The lowest BCUT2D eigenvalue weighted by molar-refractivity contribution is -0.129. The van der Waals surface area contributed by atoms with Crippen LogP contribution in [0.1, 0.15) is 19.4 Å². The van der Waals surface area contributed by atoms with Crippen molar-refractivity contribution in [2.45, 2.75) is 38.6 Å². The number of benzene rings is 1. The number of likely N-dealkylation sites (N-methyl/N-ethyl adjacent to an activating group) is 1. The summed E-state index contributed by atoms with van der Waals surface area (Å²) in [6.07, 6.45) is -0.600. The van der Waals surface area contributed by atoms with Crippen LogP contribution in [0, 0.1) is 0 Å². The molecule has 1 aromatic carbocycles. The van der Waals surface area contributed by atoms with Crippen molar-refractivity contribution in [3.8, 4) is 0 Å². The molecule has 9 heteroatoms. The summed E-state index contributed by atoms with van der Waals surface area (Å²) in [5.74, 6) is 0.270. The first-order valence-corrected chi connectivity index (χ1v) is 10.8. The maximum atomic E-state index is 12.6. The molecule has 3 amide bonds. The molecule has 0 aliphatic carbocycles. The second-order valence-electron chi connectivity index (χ2n) is 8.54. The van der Waals surface area contributed by atoms with Gasteiger partial charge in [0.25, 0.3) is 5.91 Å². The molecule has 9 nitrogen and oxygen atoms in total. The van der Waals surface area contributed by atoms with Crippen LogP contribution >= 0.6 is 0 Å². The number of ketones is 1.